The standard InChI is InChI=1S/C20H19ClN4O4/c1-3-29-20(27)14(11-22)12-23-25-16-10-18(28-2)17(9-15(16)21)24-19(26)13-7-5-4-6-8-13/h4-10,12,14,25H,3H2,1-2H3,(H,24,26). The number of anilines is 2. The molecule has 2 rings (SSSR count). The molecule has 150 valence electrons. The van der Waals surface area contributed by atoms with Crippen molar-refractivity contribution in [3.63, 3.8) is 0 Å². The van der Waals surface area contributed by atoms with Crippen LogP contribution in [0.4, 0.5) is 11.4 Å². The van der Waals surface area contributed by atoms with Gasteiger partial charge in [-0.1, -0.05) is 29.8 Å². The Kier molecular flexibility index (Phi) is 8.00. The van der Waals surface area contributed by atoms with Crippen LogP contribution < -0.4 is 15.5 Å². The van der Waals surface area contributed by atoms with Gasteiger partial charge in [-0.3, -0.25) is 15.0 Å². The van der Waals surface area contributed by atoms with Gasteiger partial charge in [0.15, 0.2) is 5.92 Å². The first kappa shape index (κ1) is 21.7. The van der Waals surface area contributed by atoms with Gasteiger partial charge in [0.1, 0.15) is 5.75 Å². The number of ether oxygens (including phenoxy) is 2. The van der Waals surface area contributed by atoms with Crippen LogP contribution in [0.3, 0.4) is 0 Å². The summed E-state index contributed by atoms with van der Waals surface area (Å²) in [6, 6.07) is 13.5. The number of halogens is 1. The number of carbonyl (C=O) groups excluding carboxylic acids is 2. The van der Waals surface area contributed by atoms with E-state index in [1.165, 1.54) is 19.2 Å². The quantitative estimate of drug-likeness (QED) is 0.387. The summed E-state index contributed by atoms with van der Waals surface area (Å²) in [5.74, 6) is -1.81. The van der Waals surface area contributed by atoms with Gasteiger partial charge in [-0.2, -0.15) is 10.4 Å². The Hall–Kier alpha value is -3.57. The second-order valence-corrected chi connectivity index (χ2v) is 6.01. The van der Waals surface area contributed by atoms with Crippen molar-refractivity contribution in [1.82, 2.24) is 0 Å². The Labute approximate surface area is 173 Å². The van der Waals surface area contributed by atoms with Gasteiger partial charge in [0.05, 0.1) is 42.4 Å². The van der Waals surface area contributed by atoms with Crippen molar-refractivity contribution in [2.75, 3.05) is 24.5 Å². The van der Waals surface area contributed by atoms with Crippen molar-refractivity contribution in [1.29, 1.82) is 5.26 Å². The molecule has 0 fully saturated rings. The zero-order valence-electron chi connectivity index (χ0n) is 15.8. The number of esters is 1. The van der Waals surface area contributed by atoms with Gasteiger partial charge in [0, 0.05) is 11.6 Å². The molecule has 29 heavy (non-hydrogen) atoms. The van der Waals surface area contributed by atoms with E-state index >= 15 is 0 Å². The van der Waals surface area contributed by atoms with E-state index in [2.05, 4.69) is 15.8 Å². The fraction of sp³-hybridized carbons (Fsp3) is 0.200. The minimum Gasteiger partial charge on any atom is -0.494 e. The molecule has 0 aromatic heterocycles. The predicted octanol–water partition coefficient (Wildman–Crippen LogP) is 3.70. The first-order valence-corrected chi connectivity index (χ1v) is 8.97. The van der Waals surface area contributed by atoms with E-state index in [1.807, 2.05) is 6.07 Å². The molecule has 1 atom stereocenters. The first-order valence-electron chi connectivity index (χ1n) is 8.59. The third kappa shape index (κ3) is 5.96. The lowest BCUT2D eigenvalue weighted by Gasteiger charge is -2.13. The Bertz CT molecular complexity index is 941. The van der Waals surface area contributed by atoms with Gasteiger partial charge in [-0.05, 0) is 25.1 Å². The van der Waals surface area contributed by atoms with Crippen molar-refractivity contribution in [2.45, 2.75) is 6.92 Å². The Morgan fingerprint density at radius 2 is 2.00 bits per heavy atom. The zero-order chi connectivity index (χ0) is 21.2. The molecule has 8 nitrogen and oxygen atoms in total. The van der Waals surface area contributed by atoms with Crippen molar-refractivity contribution in [3.05, 3.63) is 53.1 Å². The van der Waals surface area contributed by atoms with Crippen molar-refractivity contribution in [2.24, 2.45) is 11.0 Å². The van der Waals surface area contributed by atoms with Crippen LogP contribution in [0.15, 0.2) is 47.6 Å². The molecule has 0 heterocycles. The van der Waals surface area contributed by atoms with Gasteiger partial charge >= 0.3 is 5.97 Å². The molecular weight excluding hydrogens is 396 g/mol. The average molecular weight is 415 g/mol. The lowest BCUT2D eigenvalue weighted by atomic mass is 10.2. The fourth-order valence-corrected chi connectivity index (χ4v) is 2.46. The Balaban J connectivity index is 2.15. The molecule has 0 saturated heterocycles. The summed E-state index contributed by atoms with van der Waals surface area (Å²) >= 11 is 6.25. The summed E-state index contributed by atoms with van der Waals surface area (Å²) in [4.78, 5) is 24.0. The highest BCUT2D eigenvalue weighted by Gasteiger charge is 2.17. The molecule has 1 unspecified atom stereocenters. The molecule has 0 radical (unpaired) electrons. The maximum absolute atomic E-state index is 12.4. The van der Waals surface area contributed by atoms with Crippen LogP contribution in [0.1, 0.15) is 17.3 Å². The number of benzene rings is 2. The third-order valence-corrected chi connectivity index (χ3v) is 3.97. The minimum atomic E-state index is -1.15. The number of hydrazone groups is 1. The zero-order valence-corrected chi connectivity index (χ0v) is 16.6. The number of rotatable bonds is 8. The van der Waals surface area contributed by atoms with Crippen LogP contribution in [0, 0.1) is 17.2 Å². The number of nitriles is 1. The lowest BCUT2D eigenvalue weighted by Crippen LogP contribution is -2.17. The number of hydrogen-bond donors (Lipinski definition) is 2. The van der Waals surface area contributed by atoms with E-state index in [0.29, 0.717) is 22.7 Å². The molecule has 0 bridgehead atoms. The van der Waals surface area contributed by atoms with Crippen molar-refractivity contribution >= 4 is 41.1 Å². The fourth-order valence-electron chi connectivity index (χ4n) is 2.25. The maximum Gasteiger partial charge on any atom is 0.328 e. The second-order valence-electron chi connectivity index (χ2n) is 5.60. The van der Waals surface area contributed by atoms with Crippen LogP contribution in [0.25, 0.3) is 0 Å². The molecule has 0 aliphatic carbocycles. The summed E-state index contributed by atoms with van der Waals surface area (Å²) in [5.41, 5.74) is 3.87. The number of nitrogens with one attached hydrogen (secondary N) is 2. The highest BCUT2D eigenvalue weighted by molar-refractivity contribution is 6.33. The monoisotopic (exact) mass is 414 g/mol. The predicted molar refractivity (Wildman–Crippen MR) is 110 cm³/mol. The molecule has 0 aliphatic rings. The molecule has 2 aromatic carbocycles. The van der Waals surface area contributed by atoms with E-state index < -0.39 is 11.9 Å². The Morgan fingerprint density at radius 3 is 2.62 bits per heavy atom. The third-order valence-electron chi connectivity index (χ3n) is 3.66. The van der Waals surface area contributed by atoms with Gasteiger partial charge in [0.2, 0.25) is 0 Å². The molecule has 9 heteroatoms. The van der Waals surface area contributed by atoms with Crippen LogP contribution in [-0.2, 0) is 9.53 Å². The van der Waals surface area contributed by atoms with E-state index in [0.717, 1.165) is 6.21 Å². The smallest absolute Gasteiger partial charge is 0.328 e. The highest BCUT2D eigenvalue weighted by atomic mass is 35.5. The normalized spacial score (nSPS) is 11.4. The Morgan fingerprint density at radius 1 is 1.28 bits per heavy atom. The van der Waals surface area contributed by atoms with Crippen LogP contribution in [0.2, 0.25) is 5.02 Å². The molecular formula is C20H19ClN4O4. The number of hydrogen-bond acceptors (Lipinski definition) is 7. The minimum absolute atomic E-state index is 0.164. The summed E-state index contributed by atoms with van der Waals surface area (Å²) in [7, 11) is 1.45. The van der Waals surface area contributed by atoms with E-state index in [4.69, 9.17) is 26.3 Å². The topological polar surface area (TPSA) is 113 Å². The average Bonchev–Trinajstić information content (AvgIpc) is 2.73. The van der Waals surface area contributed by atoms with Crippen molar-refractivity contribution < 1.29 is 19.1 Å². The number of nitrogens with zero attached hydrogens (tertiary/aromatic N) is 2. The number of methoxy groups -OCH3 is 1. The summed E-state index contributed by atoms with van der Waals surface area (Å²) < 4.78 is 10.1. The lowest BCUT2D eigenvalue weighted by molar-refractivity contribution is -0.143. The molecule has 0 spiro atoms. The number of amides is 1. The van der Waals surface area contributed by atoms with E-state index in [9.17, 15) is 9.59 Å². The van der Waals surface area contributed by atoms with Crippen LogP contribution in [0.5, 0.6) is 5.75 Å². The molecule has 2 aromatic rings. The maximum atomic E-state index is 12.4. The van der Waals surface area contributed by atoms with Gasteiger partial charge in [0.25, 0.3) is 5.91 Å². The largest absolute Gasteiger partial charge is 0.494 e. The molecule has 2 N–H and O–H groups in total. The molecule has 0 saturated carbocycles. The van der Waals surface area contributed by atoms with Gasteiger partial charge < -0.3 is 14.8 Å². The van der Waals surface area contributed by atoms with Crippen molar-refractivity contribution in [3.8, 4) is 11.8 Å². The highest BCUT2D eigenvalue weighted by Crippen LogP contribution is 2.34. The van der Waals surface area contributed by atoms with E-state index in [1.54, 1.807) is 37.3 Å². The number of carbonyl (C=O) groups is 2. The summed E-state index contributed by atoms with van der Waals surface area (Å²) in [5, 5.41) is 15.9. The van der Waals surface area contributed by atoms with Gasteiger partial charge in [-0.15, -0.1) is 0 Å². The van der Waals surface area contributed by atoms with Crippen LogP contribution in [-0.4, -0.2) is 31.8 Å². The molecule has 1 amide bonds. The molecule has 0 aliphatic heterocycles. The summed E-state index contributed by atoms with van der Waals surface area (Å²) in [6.07, 6.45) is 1.12. The van der Waals surface area contributed by atoms with Gasteiger partial charge in [-0.25, -0.2) is 0 Å². The SMILES string of the molecule is CCOC(=O)C(C#N)C=NNc1cc(OC)c(NC(=O)c2ccccc2)cc1Cl. The van der Waals surface area contributed by atoms with Crippen LogP contribution >= 0.6 is 11.6 Å². The first-order chi connectivity index (χ1) is 14.0. The second kappa shape index (κ2) is 10.7. The summed E-state index contributed by atoms with van der Waals surface area (Å²) in [6.45, 7) is 1.81. The van der Waals surface area contributed by atoms with E-state index in [-0.39, 0.29) is 17.5 Å².